The number of hydrogen-bond donors (Lipinski definition) is 2. The van der Waals surface area contributed by atoms with Crippen molar-refractivity contribution in [2.45, 2.75) is 13.0 Å². The predicted molar refractivity (Wildman–Crippen MR) is 110 cm³/mol. The SMILES string of the molecule is CC(NC(=O)COC(=O)CNC(=O)c1ccccc1)c1cccc2ccccc12. The number of hydrogen-bond acceptors (Lipinski definition) is 4. The van der Waals surface area contributed by atoms with E-state index in [0.717, 1.165) is 16.3 Å². The maximum absolute atomic E-state index is 12.2. The average molecular weight is 390 g/mol. The van der Waals surface area contributed by atoms with Gasteiger partial charge in [-0.15, -0.1) is 0 Å². The molecule has 0 saturated heterocycles. The van der Waals surface area contributed by atoms with Crippen LogP contribution in [0.25, 0.3) is 10.8 Å². The molecule has 0 aliphatic carbocycles. The molecule has 0 aliphatic rings. The van der Waals surface area contributed by atoms with E-state index < -0.39 is 18.5 Å². The molecule has 0 bridgehead atoms. The third-order valence-corrected chi connectivity index (χ3v) is 4.46. The lowest BCUT2D eigenvalue weighted by atomic mass is 10.00. The minimum Gasteiger partial charge on any atom is -0.454 e. The molecule has 0 heterocycles. The summed E-state index contributed by atoms with van der Waals surface area (Å²) in [6.45, 7) is 1.16. The van der Waals surface area contributed by atoms with Gasteiger partial charge in [-0.05, 0) is 35.4 Å². The Hall–Kier alpha value is -3.67. The van der Waals surface area contributed by atoms with E-state index in [9.17, 15) is 14.4 Å². The highest BCUT2D eigenvalue weighted by atomic mass is 16.5. The van der Waals surface area contributed by atoms with E-state index in [2.05, 4.69) is 10.6 Å². The second-order valence-corrected chi connectivity index (χ2v) is 6.57. The summed E-state index contributed by atoms with van der Waals surface area (Å²) in [5, 5.41) is 7.44. The number of rotatable bonds is 7. The molecular weight excluding hydrogens is 368 g/mol. The molecule has 1 atom stereocenters. The van der Waals surface area contributed by atoms with E-state index in [-0.39, 0.29) is 18.5 Å². The van der Waals surface area contributed by atoms with Gasteiger partial charge in [-0.2, -0.15) is 0 Å². The Balaban J connectivity index is 1.46. The van der Waals surface area contributed by atoms with E-state index in [0.29, 0.717) is 5.56 Å². The Labute approximate surface area is 168 Å². The zero-order chi connectivity index (χ0) is 20.6. The molecule has 0 aromatic heterocycles. The third-order valence-electron chi connectivity index (χ3n) is 4.46. The van der Waals surface area contributed by atoms with E-state index in [4.69, 9.17) is 4.74 Å². The summed E-state index contributed by atoms with van der Waals surface area (Å²) in [5.74, 6) is -1.47. The molecule has 3 aromatic carbocycles. The molecule has 0 fully saturated rings. The van der Waals surface area contributed by atoms with Gasteiger partial charge in [0.15, 0.2) is 6.61 Å². The van der Waals surface area contributed by atoms with Gasteiger partial charge in [0.25, 0.3) is 11.8 Å². The molecule has 1 unspecified atom stereocenters. The number of nitrogens with one attached hydrogen (secondary N) is 2. The quantitative estimate of drug-likeness (QED) is 0.608. The summed E-state index contributed by atoms with van der Waals surface area (Å²) < 4.78 is 4.95. The molecular formula is C23H22N2O4. The van der Waals surface area contributed by atoms with Crippen LogP contribution in [0.2, 0.25) is 0 Å². The first-order valence-corrected chi connectivity index (χ1v) is 9.30. The molecule has 2 amide bonds. The van der Waals surface area contributed by atoms with Crippen LogP contribution in [0.5, 0.6) is 0 Å². The summed E-state index contributed by atoms with van der Waals surface area (Å²) in [5.41, 5.74) is 1.43. The van der Waals surface area contributed by atoms with Gasteiger partial charge in [0.2, 0.25) is 0 Å². The van der Waals surface area contributed by atoms with Crippen molar-refractivity contribution >= 4 is 28.6 Å². The van der Waals surface area contributed by atoms with E-state index in [1.165, 1.54) is 0 Å². The van der Waals surface area contributed by atoms with Crippen LogP contribution in [0.15, 0.2) is 72.8 Å². The highest BCUT2D eigenvalue weighted by Gasteiger charge is 2.14. The van der Waals surface area contributed by atoms with Crippen LogP contribution in [0.1, 0.15) is 28.9 Å². The minimum absolute atomic E-state index is 0.245. The van der Waals surface area contributed by atoms with Gasteiger partial charge >= 0.3 is 5.97 Å². The lowest BCUT2D eigenvalue weighted by Gasteiger charge is -2.16. The van der Waals surface area contributed by atoms with Crippen LogP contribution in [-0.4, -0.2) is 30.9 Å². The molecule has 29 heavy (non-hydrogen) atoms. The fourth-order valence-corrected chi connectivity index (χ4v) is 3.03. The standard InChI is InChI=1S/C23H22N2O4/c1-16(19-13-7-11-17-8-5-6-12-20(17)19)25-21(26)15-29-22(27)14-24-23(28)18-9-3-2-4-10-18/h2-13,16H,14-15H2,1H3,(H,24,28)(H,25,26). The number of carbonyl (C=O) groups excluding carboxylic acids is 3. The Bertz CT molecular complexity index is 1010. The molecule has 3 aromatic rings. The van der Waals surface area contributed by atoms with Crippen molar-refractivity contribution in [3.05, 3.63) is 83.9 Å². The van der Waals surface area contributed by atoms with E-state index in [1.807, 2.05) is 49.4 Å². The predicted octanol–water partition coefficient (Wildman–Crippen LogP) is 2.99. The zero-order valence-corrected chi connectivity index (χ0v) is 16.1. The van der Waals surface area contributed by atoms with Crippen LogP contribution in [-0.2, 0) is 14.3 Å². The van der Waals surface area contributed by atoms with Crippen LogP contribution < -0.4 is 10.6 Å². The van der Waals surface area contributed by atoms with Crippen molar-refractivity contribution in [2.24, 2.45) is 0 Å². The van der Waals surface area contributed by atoms with Crippen LogP contribution in [0, 0.1) is 0 Å². The van der Waals surface area contributed by atoms with Crippen molar-refractivity contribution in [3.8, 4) is 0 Å². The minimum atomic E-state index is -0.678. The molecule has 3 rings (SSSR count). The Morgan fingerprint density at radius 3 is 2.38 bits per heavy atom. The third kappa shape index (κ3) is 5.42. The van der Waals surface area contributed by atoms with Crippen molar-refractivity contribution in [1.82, 2.24) is 10.6 Å². The lowest BCUT2D eigenvalue weighted by Crippen LogP contribution is -2.34. The van der Waals surface area contributed by atoms with E-state index >= 15 is 0 Å². The molecule has 6 heteroatoms. The largest absolute Gasteiger partial charge is 0.454 e. The topological polar surface area (TPSA) is 84.5 Å². The molecule has 0 spiro atoms. The number of fused-ring (bicyclic) bond motifs is 1. The Morgan fingerprint density at radius 1 is 0.897 bits per heavy atom. The lowest BCUT2D eigenvalue weighted by molar-refractivity contribution is -0.147. The second kappa shape index (κ2) is 9.50. The number of carbonyl (C=O) groups is 3. The molecule has 0 aliphatic heterocycles. The monoisotopic (exact) mass is 390 g/mol. The highest BCUT2D eigenvalue weighted by molar-refractivity contribution is 5.96. The normalized spacial score (nSPS) is 11.5. The zero-order valence-electron chi connectivity index (χ0n) is 16.1. The van der Waals surface area contributed by atoms with Gasteiger partial charge in [-0.25, -0.2) is 0 Å². The van der Waals surface area contributed by atoms with Gasteiger partial charge in [0.1, 0.15) is 6.54 Å². The van der Waals surface area contributed by atoms with Crippen molar-refractivity contribution in [2.75, 3.05) is 13.2 Å². The van der Waals surface area contributed by atoms with Crippen LogP contribution >= 0.6 is 0 Å². The molecule has 0 saturated carbocycles. The summed E-state index contributed by atoms with van der Waals surface area (Å²) in [7, 11) is 0. The fraction of sp³-hybridized carbons (Fsp3) is 0.174. The molecule has 0 radical (unpaired) electrons. The van der Waals surface area contributed by atoms with Crippen molar-refractivity contribution in [3.63, 3.8) is 0 Å². The van der Waals surface area contributed by atoms with Gasteiger partial charge in [-0.1, -0.05) is 60.7 Å². The molecule has 2 N–H and O–H groups in total. The Kier molecular flexibility index (Phi) is 6.58. The van der Waals surface area contributed by atoms with Gasteiger partial charge < -0.3 is 15.4 Å². The maximum Gasteiger partial charge on any atom is 0.325 e. The number of benzene rings is 3. The van der Waals surface area contributed by atoms with Gasteiger partial charge in [0, 0.05) is 5.56 Å². The van der Waals surface area contributed by atoms with Gasteiger partial charge in [0.05, 0.1) is 6.04 Å². The molecule has 148 valence electrons. The maximum atomic E-state index is 12.2. The highest BCUT2D eigenvalue weighted by Crippen LogP contribution is 2.23. The number of amides is 2. The Morgan fingerprint density at radius 2 is 1.59 bits per heavy atom. The number of esters is 1. The van der Waals surface area contributed by atoms with Crippen molar-refractivity contribution in [1.29, 1.82) is 0 Å². The fourth-order valence-electron chi connectivity index (χ4n) is 3.03. The average Bonchev–Trinajstić information content (AvgIpc) is 2.76. The summed E-state index contributed by atoms with van der Waals surface area (Å²) in [4.78, 5) is 35.8. The number of ether oxygens (including phenoxy) is 1. The first-order chi connectivity index (χ1) is 14.0. The first kappa shape index (κ1) is 20.1. The summed E-state index contributed by atoms with van der Waals surface area (Å²) in [6, 6.07) is 22.1. The smallest absolute Gasteiger partial charge is 0.325 e. The van der Waals surface area contributed by atoms with Gasteiger partial charge in [-0.3, -0.25) is 14.4 Å². The second-order valence-electron chi connectivity index (χ2n) is 6.57. The first-order valence-electron chi connectivity index (χ1n) is 9.30. The van der Waals surface area contributed by atoms with Crippen LogP contribution in [0.4, 0.5) is 0 Å². The molecule has 6 nitrogen and oxygen atoms in total. The summed E-state index contributed by atoms with van der Waals surface area (Å²) >= 11 is 0. The summed E-state index contributed by atoms with van der Waals surface area (Å²) in [6.07, 6.45) is 0. The van der Waals surface area contributed by atoms with Crippen LogP contribution in [0.3, 0.4) is 0 Å². The van der Waals surface area contributed by atoms with Crippen molar-refractivity contribution < 1.29 is 19.1 Å². The van der Waals surface area contributed by atoms with E-state index in [1.54, 1.807) is 30.3 Å².